The van der Waals surface area contributed by atoms with Gasteiger partial charge in [-0.3, -0.25) is 4.98 Å². The van der Waals surface area contributed by atoms with Crippen LogP contribution in [0.25, 0.3) is 11.0 Å². The number of nitrogens with zero attached hydrogens (tertiary/aromatic N) is 3. The Labute approximate surface area is 125 Å². The Balaban J connectivity index is 1.80. The fourth-order valence-electron chi connectivity index (χ4n) is 3.22. The van der Waals surface area contributed by atoms with Crippen LogP contribution < -0.4 is 5.73 Å². The van der Waals surface area contributed by atoms with E-state index in [2.05, 4.69) is 9.97 Å². The number of aromatic nitrogens is 3. The standard InChI is InChI=1S/C16H14F2N4/c17-9-1-2-12(18)10(5-9)11-6-16-21-14-7-20-4-3-15(14)22(16)8-13(11)19/h1-5,7,11,13H,6,8,19H2/t11-,13?/m1/s1. The number of halogens is 2. The summed E-state index contributed by atoms with van der Waals surface area (Å²) in [4.78, 5) is 8.61. The normalized spacial score (nSPS) is 21.0. The first-order chi connectivity index (χ1) is 10.6. The highest BCUT2D eigenvalue weighted by atomic mass is 19.1. The van der Waals surface area contributed by atoms with Gasteiger partial charge in [-0.15, -0.1) is 0 Å². The van der Waals surface area contributed by atoms with Gasteiger partial charge in [-0.05, 0) is 29.8 Å². The lowest BCUT2D eigenvalue weighted by Crippen LogP contribution is -2.39. The number of rotatable bonds is 1. The van der Waals surface area contributed by atoms with Crippen molar-refractivity contribution < 1.29 is 8.78 Å². The minimum absolute atomic E-state index is 0.284. The fourth-order valence-corrected chi connectivity index (χ4v) is 3.22. The Morgan fingerprint density at radius 3 is 2.95 bits per heavy atom. The highest BCUT2D eigenvalue weighted by molar-refractivity contribution is 5.74. The van der Waals surface area contributed by atoms with Crippen molar-refractivity contribution in [3.8, 4) is 0 Å². The molecule has 0 saturated heterocycles. The highest BCUT2D eigenvalue weighted by Crippen LogP contribution is 2.32. The van der Waals surface area contributed by atoms with Crippen LogP contribution in [0.2, 0.25) is 0 Å². The first-order valence-electron chi connectivity index (χ1n) is 7.13. The van der Waals surface area contributed by atoms with E-state index in [1.807, 2.05) is 10.6 Å². The second kappa shape index (κ2) is 4.84. The maximum Gasteiger partial charge on any atom is 0.126 e. The molecular formula is C16H14F2N4. The monoisotopic (exact) mass is 300 g/mol. The molecule has 4 nitrogen and oxygen atoms in total. The zero-order valence-electron chi connectivity index (χ0n) is 11.7. The van der Waals surface area contributed by atoms with Crippen LogP contribution in [0, 0.1) is 11.6 Å². The van der Waals surface area contributed by atoms with Crippen LogP contribution in [-0.4, -0.2) is 20.6 Å². The van der Waals surface area contributed by atoms with E-state index in [0.717, 1.165) is 29.0 Å². The summed E-state index contributed by atoms with van der Waals surface area (Å²) in [6.45, 7) is 0.524. The maximum absolute atomic E-state index is 14.0. The summed E-state index contributed by atoms with van der Waals surface area (Å²) < 4.78 is 29.5. The lowest BCUT2D eigenvalue weighted by atomic mass is 9.86. The van der Waals surface area contributed by atoms with Gasteiger partial charge in [0, 0.05) is 31.1 Å². The number of hydrogen-bond donors (Lipinski definition) is 1. The molecule has 0 bridgehead atoms. The Hall–Kier alpha value is -2.34. The Kier molecular flexibility index (Phi) is 2.94. The first-order valence-corrected chi connectivity index (χ1v) is 7.13. The average Bonchev–Trinajstić information content (AvgIpc) is 2.87. The topological polar surface area (TPSA) is 56.7 Å². The molecule has 1 aliphatic rings. The first kappa shape index (κ1) is 13.3. The summed E-state index contributed by atoms with van der Waals surface area (Å²) >= 11 is 0. The minimum atomic E-state index is -0.452. The van der Waals surface area contributed by atoms with Crippen molar-refractivity contribution in [3.63, 3.8) is 0 Å². The molecule has 4 rings (SSSR count). The zero-order valence-corrected chi connectivity index (χ0v) is 11.7. The fraction of sp³-hybridized carbons (Fsp3) is 0.250. The lowest BCUT2D eigenvalue weighted by molar-refractivity contribution is 0.395. The highest BCUT2D eigenvalue weighted by Gasteiger charge is 2.31. The zero-order chi connectivity index (χ0) is 15.3. The SMILES string of the molecule is NC1Cn2c(nc3cnccc32)C[C@@H]1c1cc(F)ccc1F. The van der Waals surface area contributed by atoms with Crippen LogP contribution in [0.15, 0.2) is 36.7 Å². The van der Waals surface area contributed by atoms with Crippen LogP contribution in [0.3, 0.4) is 0 Å². The van der Waals surface area contributed by atoms with E-state index < -0.39 is 11.6 Å². The van der Waals surface area contributed by atoms with Gasteiger partial charge in [0.25, 0.3) is 0 Å². The predicted octanol–water partition coefficient (Wildman–Crippen LogP) is 2.38. The molecule has 0 spiro atoms. The quantitative estimate of drug-likeness (QED) is 0.750. The molecule has 22 heavy (non-hydrogen) atoms. The number of hydrogen-bond acceptors (Lipinski definition) is 3. The van der Waals surface area contributed by atoms with Crippen LogP contribution in [0.5, 0.6) is 0 Å². The van der Waals surface area contributed by atoms with Gasteiger partial charge < -0.3 is 10.3 Å². The number of benzene rings is 1. The summed E-state index contributed by atoms with van der Waals surface area (Å²) in [7, 11) is 0. The molecule has 1 aromatic carbocycles. The van der Waals surface area contributed by atoms with Gasteiger partial charge in [-0.1, -0.05) is 0 Å². The second-order valence-electron chi connectivity index (χ2n) is 5.64. The molecule has 0 radical (unpaired) electrons. The van der Waals surface area contributed by atoms with E-state index in [-0.39, 0.29) is 12.0 Å². The molecule has 0 aliphatic carbocycles. The van der Waals surface area contributed by atoms with Crippen molar-refractivity contribution in [3.05, 3.63) is 59.7 Å². The van der Waals surface area contributed by atoms with Crippen molar-refractivity contribution >= 4 is 11.0 Å². The molecule has 3 heterocycles. The summed E-state index contributed by atoms with van der Waals surface area (Å²) in [6, 6.07) is 5.10. The van der Waals surface area contributed by atoms with Crippen LogP contribution in [0.1, 0.15) is 17.3 Å². The van der Waals surface area contributed by atoms with Gasteiger partial charge in [-0.25, -0.2) is 13.8 Å². The van der Waals surface area contributed by atoms with E-state index in [1.165, 1.54) is 6.07 Å². The van der Waals surface area contributed by atoms with Gasteiger partial charge in [0.05, 0.1) is 11.7 Å². The van der Waals surface area contributed by atoms with Crippen molar-refractivity contribution in [2.45, 2.75) is 24.9 Å². The third-order valence-corrected chi connectivity index (χ3v) is 4.30. The molecule has 0 fully saturated rings. The van der Waals surface area contributed by atoms with Crippen LogP contribution in [0.4, 0.5) is 8.78 Å². The van der Waals surface area contributed by atoms with Crippen molar-refractivity contribution in [1.29, 1.82) is 0 Å². The van der Waals surface area contributed by atoms with Crippen LogP contribution >= 0.6 is 0 Å². The van der Waals surface area contributed by atoms with Gasteiger partial charge in [0.15, 0.2) is 0 Å². The maximum atomic E-state index is 14.0. The lowest BCUT2D eigenvalue weighted by Gasteiger charge is -2.30. The van der Waals surface area contributed by atoms with Gasteiger partial charge in [0.1, 0.15) is 23.0 Å². The average molecular weight is 300 g/mol. The molecule has 6 heteroatoms. The Bertz CT molecular complexity index is 858. The molecule has 0 amide bonds. The third-order valence-electron chi connectivity index (χ3n) is 4.30. The number of pyridine rings is 1. The molecule has 1 unspecified atom stereocenters. The van der Waals surface area contributed by atoms with E-state index in [0.29, 0.717) is 18.5 Å². The van der Waals surface area contributed by atoms with Crippen molar-refractivity contribution in [1.82, 2.24) is 14.5 Å². The predicted molar refractivity (Wildman–Crippen MR) is 78.3 cm³/mol. The summed E-state index contributed by atoms with van der Waals surface area (Å²) in [5.41, 5.74) is 8.33. The number of fused-ring (bicyclic) bond motifs is 3. The third kappa shape index (κ3) is 1.99. The molecule has 2 N–H and O–H groups in total. The van der Waals surface area contributed by atoms with Gasteiger partial charge >= 0.3 is 0 Å². The molecular weight excluding hydrogens is 286 g/mol. The minimum Gasteiger partial charge on any atom is -0.326 e. The van der Waals surface area contributed by atoms with E-state index >= 15 is 0 Å². The molecule has 3 aromatic rings. The smallest absolute Gasteiger partial charge is 0.126 e. The molecule has 0 saturated carbocycles. The van der Waals surface area contributed by atoms with Gasteiger partial charge in [0.2, 0.25) is 0 Å². The molecule has 2 atom stereocenters. The van der Waals surface area contributed by atoms with Crippen molar-refractivity contribution in [2.75, 3.05) is 0 Å². The van der Waals surface area contributed by atoms with E-state index in [9.17, 15) is 8.78 Å². The Morgan fingerprint density at radius 1 is 1.23 bits per heavy atom. The Morgan fingerprint density at radius 2 is 2.09 bits per heavy atom. The van der Waals surface area contributed by atoms with E-state index in [1.54, 1.807) is 12.4 Å². The molecule has 1 aliphatic heterocycles. The molecule has 2 aromatic heterocycles. The largest absolute Gasteiger partial charge is 0.326 e. The summed E-state index contributed by atoms with van der Waals surface area (Å²) in [6.07, 6.45) is 3.89. The summed E-state index contributed by atoms with van der Waals surface area (Å²) in [5.74, 6) is -0.328. The second-order valence-corrected chi connectivity index (χ2v) is 5.64. The van der Waals surface area contributed by atoms with Crippen molar-refractivity contribution in [2.24, 2.45) is 5.73 Å². The summed E-state index contributed by atoms with van der Waals surface area (Å²) in [5, 5.41) is 0. The number of imidazole rings is 1. The van der Waals surface area contributed by atoms with E-state index in [4.69, 9.17) is 5.73 Å². The molecule has 112 valence electrons. The number of nitrogens with two attached hydrogens (primary N) is 1. The van der Waals surface area contributed by atoms with Crippen LogP contribution in [-0.2, 0) is 13.0 Å². The van der Waals surface area contributed by atoms with Gasteiger partial charge in [-0.2, -0.15) is 0 Å².